The molecule has 0 bridgehead atoms. The van der Waals surface area contributed by atoms with Crippen LogP contribution in [-0.4, -0.2) is 33.1 Å². The van der Waals surface area contributed by atoms with Gasteiger partial charge in [0.2, 0.25) is 0 Å². The molecule has 0 saturated carbocycles. The smallest absolute Gasteiger partial charge is 0.180 e. The Morgan fingerprint density at radius 2 is 2.40 bits per heavy atom. The van der Waals surface area contributed by atoms with Crippen LogP contribution in [-0.2, 0) is 7.05 Å². The van der Waals surface area contributed by atoms with Gasteiger partial charge >= 0.3 is 0 Å². The lowest BCUT2D eigenvalue weighted by molar-refractivity contribution is 0.730. The lowest BCUT2D eigenvalue weighted by Crippen LogP contribution is -2.08. The van der Waals surface area contributed by atoms with Crippen LogP contribution < -0.4 is 11.1 Å². The number of fused-ring (bicyclic) bond motifs is 1. The Balaban J connectivity index is 2.26. The van der Waals surface area contributed by atoms with Gasteiger partial charge < -0.3 is 11.1 Å². The van der Waals surface area contributed by atoms with Crippen molar-refractivity contribution in [2.24, 2.45) is 12.8 Å². The highest BCUT2D eigenvalue weighted by atomic mass is 15.4. The molecule has 2 rings (SSSR count). The molecular formula is C9H14N6. The molecule has 0 radical (unpaired) electrons. The first kappa shape index (κ1) is 9.85. The molecule has 0 atom stereocenters. The van der Waals surface area contributed by atoms with E-state index in [9.17, 15) is 0 Å². The third kappa shape index (κ3) is 1.89. The summed E-state index contributed by atoms with van der Waals surface area (Å²) in [4.78, 5) is 4.20. The standard InChI is InChI=1S/C9H14N6/c1-15-9-8(13-14-15)7(3-6-12-9)11-5-2-4-10/h3,6H,2,4-5,10H2,1H3,(H,11,12). The molecule has 0 aromatic carbocycles. The summed E-state index contributed by atoms with van der Waals surface area (Å²) >= 11 is 0. The molecule has 0 spiro atoms. The van der Waals surface area contributed by atoms with Crippen LogP contribution >= 0.6 is 0 Å². The van der Waals surface area contributed by atoms with Crippen molar-refractivity contribution < 1.29 is 0 Å². The molecule has 6 heteroatoms. The molecule has 2 aromatic rings. The third-order valence-electron chi connectivity index (χ3n) is 2.19. The van der Waals surface area contributed by atoms with Gasteiger partial charge in [-0.05, 0) is 19.0 Å². The number of hydrogen-bond donors (Lipinski definition) is 2. The molecule has 2 aromatic heterocycles. The van der Waals surface area contributed by atoms with Crippen molar-refractivity contribution in [1.82, 2.24) is 20.0 Å². The van der Waals surface area contributed by atoms with Crippen molar-refractivity contribution >= 4 is 16.9 Å². The van der Waals surface area contributed by atoms with Gasteiger partial charge in [0.1, 0.15) is 0 Å². The van der Waals surface area contributed by atoms with Gasteiger partial charge in [-0.25, -0.2) is 9.67 Å². The summed E-state index contributed by atoms with van der Waals surface area (Å²) in [5.74, 6) is 0. The minimum Gasteiger partial charge on any atom is -0.383 e. The number of nitrogens with zero attached hydrogens (tertiary/aromatic N) is 4. The number of nitrogens with two attached hydrogens (primary N) is 1. The van der Waals surface area contributed by atoms with E-state index >= 15 is 0 Å². The minimum atomic E-state index is 0.682. The lowest BCUT2D eigenvalue weighted by atomic mass is 10.3. The van der Waals surface area contributed by atoms with Gasteiger partial charge in [0.25, 0.3) is 0 Å². The molecule has 0 aliphatic heterocycles. The summed E-state index contributed by atoms with van der Waals surface area (Å²) in [6.45, 7) is 1.52. The molecule has 0 unspecified atom stereocenters. The van der Waals surface area contributed by atoms with E-state index in [1.54, 1.807) is 10.9 Å². The lowest BCUT2D eigenvalue weighted by Gasteiger charge is -2.04. The predicted molar refractivity (Wildman–Crippen MR) is 58.5 cm³/mol. The third-order valence-corrected chi connectivity index (χ3v) is 2.19. The number of anilines is 1. The van der Waals surface area contributed by atoms with E-state index < -0.39 is 0 Å². The Labute approximate surface area is 87.5 Å². The van der Waals surface area contributed by atoms with E-state index in [1.807, 2.05) is 13.1 Å². The van der Waals surface area contributed by atoms with E-state index in [0.717, 1.165) is 29.8 Å². The molecule has 3 N–H and O–H groups in total. The zero-order valence-electron chi connectivity index (χ0n) is 8.64. The van der Waals surface area contributed by atoms with Crippen LogP contribution in [0.25, 0.3) is 11.2 Å². The van der Waals surface area contributed by atoms with Crippen LogP contribution in [0, 0.1) is 0 Å². The number of nitrogens with one attached hydrogen (secondary N) is 1. The first-order valence-electron chi connectivity index (χ1n) is 4.91. The zero-order chi connectivity index (χ0) is 10.7. The molecule has 0 amide bonds. The van der Waals surface area contributed by atoms with Crippen LogP contribution in [0.2, 0.25) is 0 Å². The Kier molecular flexibility index (Phi) is 2.77. The number of pyridine rings is 1. The maximum atomic E-state index is 5.42. The van der Waals surface area contributed by atoms with Gasteiger partial charge in [0.15, 0.2) is 11.2 Å². The van der Waals surface area contributed by atoms with Crippen molar-refractivity contribution in [1.29, 1.82) is 0 Å². The largest absolute Gasteiger partial charge is 0.383 e. The van der Waals surface area contributed by atoms with E-state index in [0.29, 0.717) is 6.54 Å². The van der Waals surface area contributed by atoms with Crippen LogP contribution in [0.15, 0.2) is 12.3 Å². The molecule has 0 aliphatic carbocycles. The van der Waals surface area contributed by atoms with Gasteiger partial charge in [-0.1, -0.05) is 5.21 Å². The maximum absolute atomic E-state index is 5.42. The van der Waals surface area contributed by atoms with Gasteiger partial charge in [0.05, 0.1) is 5.69 Å². The van der Waals surface area contributed by atoms with Crippen molar-refractivity contribution in [3.63, 3.8) is 0 Å². The Hall–Kier alpha value is -1.69. The highest BCUT2D eigenvalue weighted by Gasteiger charge is 2.06. The highest BCUT2D eigenvalue weighted by molar-refractivity contribution is 5.84. The zero-order valence-corrected chi connectivity index (χ0v) is 8.64. The van der Waals surface area contributed by atoms with E-state index in [2.05, 4.69) is 20.6 Å². The molecular weight excluding hydrogens is 192 g/mol. The number of hydrogen-bond acceptors (Lipinski definition) is 5. The minimum absolute atomic E-state index is 0.682. The fourth-order valence-electron chi connectivity index (χ4n) is 1.40. The highest BCUT2D eigenvalue weighted by Crippen LogP contribution is 2.17. The maximum Gasteiger partial charge on any atom is 0.180 e. The number of aryl methyl sites for hydroxylation is 1. The van der Waals surface area contributed by atoms with Gasteiger partial charge in [0, 0.05) is 19.8 Å². The predicted octanol–water partition coefficient (Wildman–Crippen LogP) is 0.124. The monoisotopic (exact) mass is 206 g/mol. The fraction of sp³-hybridized carbons (Fsp3) is 0.444. The SMILES string of the molecule is Cn1nnc2c(NCCCN)ccnc21. The topological polar surface area (TPSA) is 81.7 Å². The van der Waals surface area contributed by atoms with Crippen LogP contribution in [0.5, 0.6) is 0 Å². The molecule has 15 heavy (non-hydrogen) atoms. The van der Waals surface area contributed by atoms with Gasteiger partial charge in [-0.2, -0.15) is 0 Å². The summed E-state index contributed by atoms with van der Waals surface area (Å²) in [5, 5.41) is 11.2. The van der Waals surface area contributed by atoms with Crippen molar-refractivity contribution in [2.75, 3.05) is 18.4 Å². The summed E-state index contributed by atoms with van der Waals surface area (Å²) in [7, 11) is 1.83. The van der Waals surface area contributed by atoms with E-state index in [-0.39, 0.29) is 0 Å². The van der Waals surface area contributed by atoms with Crippen molar-refractivity contribution in [2.45, 2.75) is 6.42 Å². The van der Waals surface area contributed by atoms with Crippen LogP contribution in [0.4, 0.5) is 5.69 Å². The average molecular weight is 206 g/mol. The quantitative estimate of drug-likeness (QED) is 0.694. The van der Waals surface area contributed by atoms with Gasteiger partial charge in [-0.15, -0.1) is 5.10 Å². The first-order chi connectivity index (χ1) is 7.33. The summed E-state index contributed by atoms with van der Waals surface area (Å²) in [5.41, 5.74) is 7.97. The van der Waals surface area contributed by atoms with Crippen LogP contribution in [0.1, 0.15) is 6.42 Å². The fourth-order valence-corrected chi connectivity index (χ4v) is 1.40. The van der Waals surface area contributed by atoms with Crippen LogP contribution in [0.3, 0.4) is 0 Å². The molecule has 6 nitrogen and oxygen atoms in total. The molecule has 0 saturated heterocycles. The Morgan fingerprint density at radius 1 is 1.53 bits per heavy atom. The second kappa shape index (κ2) is 4.22. The van der Waals surface area contributed by atoms with E-state index in [4.69, 9.17) is 5.73 Å². The Morgan fingerprint density at radius 3 is 3.20 bits per heavy atom. The second-order valence-corrected chi connectivity index (χ2v) is 3.31. The molecule has 0 fully saturated rings. The first-order valence-corrected chi connectivity index (χ1v) is 4.91. The second-order valence-electron chi connectivity index (χ2n) is 3.31. The van der Waals surface area contributed by atoms with Crippen molar-refractivity contribution in [3.05, 3.63) is 12.3 Å². The number of rotatable bonds is 4. The molecule has 2 heterocycles. The average Bonchev–Trinajstić information content (AvgIpc) is 2.62. The normalized spacial score (nSPS) is 10.8. The molecule has 0 aliphatic rings. The number of aromatic nitrogens is 4. The van der Waals surface area contributed by atoms with E-state index in [1.165, 1.54) is 0 Å². The summed E-state index contributed by atoms with van der Waals surface area (Å²) in [6, 6.07) is 1.90. The van der Waals surface area contributed by atoms with Gasteiger partial charge in [-0.3, -0.25) is 0 Å². The molecule has 80 valence electrons. The summed E-state index contributed by atoms with van der Waals surface area (Å²) in [6.07, 6.45) is 2.68. The summed E-state index contributed by atoms with van der Waals surface area (Å²) < 4.78 is 1.66. The Bertz CT molecular complexity index is 449. The van der Waals surface area contributed by atoms with Crippen molar-refractivity contribution in [3.8, 4) is 0 Å².